The molecule has 3 rings (SSSR count). The topological polar surface area (TPSA) is 39.1 Å². The molecular formula is C15H10ClF2NO2S. The van der Waals surface area contributed by atoms with E-state index in [0.717, 1.165) is 21.8 Å². The highest BCUT2D eigenvalue weighted by Crippen LogP contribution is 2.32. The smallest absolute Gasteiger partial charge is 0.238 e. The molecule has 0 radical (unpaired) electrons. The van der Waals surface area contributed by atoms with Crippen molar-refractivity contribution in [2.45, 2.75) is 11.8 Å². The molecule has 0 fully saturated rings. The molecule has 114 valence electrons. The van der Waals surface area contributed by atoms with Gasteiger partial charge in [0.2, 0.25) is 0 Å². The molecule has 0 amide bonds. The molecule has 3 nitrogen and oxygen atoms in total. The Bertz CT molecular complexity index is 979. The Kier molecular flexibility index (Phi) is 3.45. The molecule has 0 saturated carbocycles. The molecule has 0 spiro atoms. The molecule has 1 heterocycles. The van der Waals surface area contributed by atoms with Crippen LogP contribution in [0.25, 0.3) is 10.9 Å². The summed E-state index contributed by atoms with van der Waals surface area (Å²) in [7, 11) is -4.00. The van der Waals surface area contributed by atoms with Crippen LogP contribution >= 0.6 is 11.6 Å². The average Bonchev–Trinajstić information content (AvgIpc) is 2.82. The molecule has 22 heavy (non-hydrogen) atoms. The van der Waals surface area contributed by atoms with Gasteiger partial charge in [-0.1, -0.05) is 29.3 Å². The van der Waals surface area contributed by atoms with E-state index >= 15 is 0 Å². The lowest BCUT2D eigenvalue weighted by Crippen LogP contribution is -2.11. The molecule has 0 saturated heterocycles. The van der Waals surface area contributed by atoms with E-state index < -0.39 is 26.7 Å². The van der Waals surface area contributed by atoms with Crippen LogP contribution in [0.4, 0.5) is 8.78 Å². The summed E-state index contributed by atoms with van der Waals surface area (Å²) in [5.74, 6) is -1.70. The van der Waals surface area contributed by atoms with Gasteiger partial charge >= 0.3 is 0 Å². The molecule has 0 aliphatic heterocycles. The van der Waals surface area contributed by atoms with Crippen molar-refractivity contribution in [1.29, 1.82) is 0 Å². The Morgan fingerprint density at radius 3 is 2.27 bits per heavy atom. The minimum absolute atomic E-state index is 0.00967. The van der Waals surface area contributed by atoms with Gasteiger partial charge in [-0.05, 0) is 31.2 Å². The van der Waals surface area contributed by atoms with E-state index in [1.807, 2.05) is 6.92 Å². The van der Waals surface area contributed by atoms with Crippen molar-refractivity contribution in [2.24, 2.45) is 0 Å². The van der Waals surface area contributed by atoms with Gasteiger partial charge in [-0.2, -0.15) is 0 Å². The zero-order valence-corrected chi connectivity index (χ0v) is 12.9. The normalized spacial score (nSPS) is 12.0. The van der Waals surface area contributed by atoms with Crippen molar-refractivity contribution in [1.82, 2.24) is 3.97 Å². The summed E-state index contributed by atoms with van der Waals surface area (Å²) in [5.41, 5.74) is 0.886. The predicted molar refractivity (Wildman–Crippen MR) is 80.6 cm³/mol. The third-order valence-electron chi connectivity index (χ3n) is 3.36. The number of hydrogen-bond donors (Lipinski definition) is 0. The van der Waals surface area contributed by atoms with Gasteiger partial charge in [-0.3, -0.25) is 0 Å². The maximum atomic E-state index is 14.0. The van der Waals surface area contributed by atoms with Crippen LogP contribution in [0.3, 0.4) is 0 Å². The molecule has 0 aliphatic carbocycles. The SMILES string of the molecule is Cc1ccc(S(=O)(=O)n2cc(F)c3c(Cl)c(F)ccc32)cc1. The van der Waals surface area contributed by atoms with Crippen LogP contribution in [0.2, 0.25) is 5.02 Å². The summed E-state index contributed by atoms with van der Waals surface area (Å²) >= 11 is 5.74. The number of nitrogens with zero attached hydrogens (tertiary/aromatic N) is 1. The number of halogens is 3. The lowest BCUT2D eigenvalue weighted by molar-refractivity contribution is 0.586. The lowest BCUT2D eigenvalue weighted by atomic mass is 10.2. The van der Waals surface area contributed by atoms with Crippen LogP contribution in [0.5, 0.6) is 0 Å². The largest absolute Gasteiger partial charge is 0.268 e. The Labute approximate surface area is 130 Å². The number of benzene rings is 2. The van der Waals surface area contributed by atoms with Crippen LogP contribution in [-0.4, -0.2) is 12.4 Å². The maximum absolute atomic E-state index is 14.0. The van der Waals surface area contributed by atoms with Gasteiger partial charge in [0.15, 0.2) is 5.82 Å². The second-order valence-corrected chi connectivity index (χ2v) is 7.04. The van der Waals surface area contributed by atoms with E-state index in [1.54, 1.807) is 12.1 Å². The first-order valence-electron chi connectivity index (χ1n) is 6.29. The van der Waals surface area contributed by atoms with Gasteiger partial charge in [0.25, 0.3) is 10.0 Å². The summed E-state index contributed by atoms with van der Waals surface area (Å²) in [6.07, 6.45) is 0.797. The minimum Gasteiger partial charge on any atom is -0.238 e. The highest BCUT2D eigenvalue weighted by atomic mass is 35.5. The third-order valence-corrected chi connectivity index (χ3v) is 5.41. The van der Waals surface area contributed by atoms with Crippen LogP contribution in [0.15, 0.2) is 47.5 Å². The second-order valence-electron chi connectivity index (χ2n) is 4.85. The molecular weight excluding hydrogens is 332 g/mol. The molecule has 1 aromatic heterocycles. The fourth-order valence-corrected chi connectivity index (χ4v) is 3.81. The van der Waals surface area contributed by atoms with Crippen molar-refractivity contribution in [3.63, 3.8) is 0 Å². The Balaban J connectivity index is 2.31. The van der Waals surface area contributed by atoms with Gasteiger partial charge in [0.05, 0.1) is 27.0 Å². The molecule has 3 aromatic rings. The molecule has 0 N–H and O–H groups in total. The molecule has 2 aromatic carbocycles. The predicted octanol–water partition coefficient (Wildman–Crippen LogP) is 4.12. The van der Waals surface area contributed by atoms with Crippen molar-refractivity contribution in [3.8, 4) is 0 Å². The van der Waals surface area contributed by atoms with Crippen LogP contribution in [0.1, 0.15) is 5.56 Å². The average molecular weight is 342 g/mol. The monoisotopic (exact) mass is 341 g/mol. The summed E-state index contributed by atoms with van der Waals surface area (Å²) < 4.78 is 53.5. The molecule has 0 bridgehead atoms. The molecule has 0 unspecified atom stereocenters. The minimum atomic E-state index is -4.00. The highest BCUT2D eigenvalue weighted by molar-refractivity contribution is 7.90. The number of fused-ring (bicyclic) bond motifs is 1. The first-order valence-corrected chi connectivity index (χ1v) is 8.11. The van der Waals surface area contributed by atoms with Gasteiger partial charge in [0.1, 0.15) is 5.82 Å². The first kappa shape index (κ1) is 15.0. The van der Waals surface area contributed by atoms with Crippen molar-refractivity contribution >= 4 is 32.5 Å². The van der Waals surface area contributed by atoms with E-state index in [9.17, 15) is 17.2 Å². The zero-order valence-electron chi connectivity index (χ0n) is 11.3. The standard InChI is InChI=1S/C15H10ClF2NO2S/c1-9-2-4-10(5-3-9)22(20,21)19-8-12(18)14-13(19)7-6-11(17)15(14)16/h2-8H,1H3. The van der Waals surface area contributed by atoms with Gasteiger partial charge < -0.3 is 0 Å². The fraction of sp³-hybridized carbons (Fsp3) is 0.0667. The fourth-order valence-electron chi connectivity index (χ4n) is 2.21. The summed E-state index contributed by atoms with van der Waals surface area (Å²) in [6.45, 7) is 1.82. The highest BCUT2D eigenvalue weighted by Gasteiger charge is 2.23. The number of aryl methyl sites for hydroxylation is 1. The van der Waals surface area contributed by atoms with Crippen LogP contribution < -0.4 is 0 Å². The van der Waals surface area contributed by atoms with E-state index in [-0.39, 0.29) is 15.8 Å². The van der Waals surface area contributed by atoms with Crippen molar-refractivity contribution in [3.05, 3.63) is 64.8 Å². The third kappa shape index (κ3) is 2.19. The van der Waals surface area contributed by atoms with Crippen LogP contribution in [-0.2, 0) is 10.0 Å². The van der Waals surface area contributed by atoms with Gasteiger partial charge in [-0.15, -0.1) is 0 Å². The lowest BCUT2D eigenvalue weighted by Gasteiger charge is -2.08. The maximum Gasteiger partial charge on any atom is 0.268 e. The quantitative estimate of drug-likeness (QED) is 0.703. The van der Waals surface area contributed by atoms with Crippen LogP contribution in [0, 0.1) is 18.6 Å². The van der Waals surface area contributed by atoms with E-state index in [2.05, 4.69) is 0 Å². The summed E-state index contributed by atoms with van der Waals surface area (Å²) in [4.78, 5) is 0.00967. The van der Waals surface area contributed by atoms with Gasteiger partial charge in [-0.25, -0.2) is 21.2 Å². The van der Waals surface area contributed by atoms with E-state index in [1.165, 1.54) is 18.2 Å². The summed E-state index contributed by atoms with van der Waals surface area (Å²) in [5, 5.41) is -0.690. The number of aromatic nitrogens is 1. The van der Waals surface area contributed by atoms with Crippen molar-refractivity contribution < 1.29 is 17.2 Å². The second kappa shape index (κ2) is 5.07. The Morgan fingerprint density at radius 2 is 1.64 bits per heavy atom. The Hall–Kier alpha value is -1.92. The summed E-state index contributed by atoms with van der Waals surface area (Å²) in [6, 6.07) is 8.33. The number of hydrogen-bond acceptors (Lipinski definition) is 2. The Morgan fingerprint density at radius 1 is 1.00 bits per heavy atom. The molecule has 0 atom stereocenters. The molecule has 0 aliphatic rings. The number of rotatable bonds is 2. The molecule has 7 heteroatoms. The zero-order chi connectivity index (χ0) is 16.1. The van der Waals surface area contributed by atoms with E-state index in [0.29, 0.717) is 0 Å². The van der Waals surface area contributed by atoms with Gasteiger partial charge in [0, 0.05) is 0 Å². The van der Waals surface area contributed by atoms with E-state index in [4.69, 9.17) is 11.6 Å². The van der Waals surface area contributed by atoms with Crippen molar-refractivity contribution in [2.75, 3.05) is 0 Å². The first-order chi connectivity index (χ1) is 10.3.